The molecular weight excluding hydrogens is 538 g/mol. The van der Waals surface area contributed by atoms with Crippen molar-refractivity contribution in [2.24, 2.45) is 0 Å². The lowest BCUT2D eigenvalue weighted by atomic mass is 10.0. The molecule has 1 aromatic heterocycles. The number of aromatic nitrogens is 1. The Morgan fingerprint density at radius 1 is 0.780 bits per heavy atom. The number of unbranched alkanes of at least 4 members (excludes halogenated alkanes) is 3. The molecule has 2 atom stereocenters. The maximum Gasteiger partial charge on any atom is 0.308 e. The van der Waals surface area contributed by atoms with E-state index in [1.807, 2.05) is 72.8 Å². The Morgan fingerprint density at radius 2 is 1.46 bits per heavy atom. The maximum atomic E-state index is 12.4. The predicted octanol–water partition coefficient (Wildman–Crippen LogP) is 5.06. The number of amides is 2. The number of esters is 1. The number of carbonyl (C=O) groups is 3. The van der Waals surface area contributed by atoms with Gasteiger partial charge in [0.05, 0.1) is 35.4 Å². The second-order valence-electron chi connectivity index (χ2n) is 9.98. The molecule has 0 aliphatic carbocycles. The zero-order valence-electron chi connectivity index (χ0n) is 22.7. The third-order valence-corrected chi connectivity index (χ3v) is 7.96. The van der Waals surface area contributed by atoms with Gasteiger partial charge in [-0.05, 0) is 55.5 Å². The molecule has 0 radical (unpaired) electrons. The van der Waals surface area contributed by atoms with E-state index in [0.29, 0.717) is 13.0 Å². The van der Waals surface area contributed by atoms with Gasteiger partial charge in [0.2, 0.25) is 11.8 Å². The predicted molar refractivity (Wildman–Crippen MR) is 159 cm³/mol. The van der Waals surface area contributed by atoms with Crippen molar-refractivity contribution in [2.45, 2.75) is 50.6 Å². The molecule has 1 fully saturated rings. The monoisotopic (exact) mass is 571 g/mol. The molecule has 0 saturated carbocycles. The van der Waals surface area contributed by atoms with Crippen molar-refractivity contribution in [1.29, 1.82) is 0 Å². The molecule has 212 valence electrons. The second-order valence-corrected chi connectivity index (χ2v) is 11.0. The van der Waals surface area contributed by atoms with E-state index in [1.165, 1.54) is 0 Å². The fraction of sp³-hybridized carbons (Fsp3) is 0.312. The fourth-order valence-electron chi connectivity index (χ4n) is 4.72. The number of thiazole rings is 1. The van der Waals surface area contributed by atoms with Crippen LogP contribution in [0, 0.1) is 0 Å². The Balaban J connectivity index is 0.964. The molecule has 2 N–H and O–H groups in total. The first-order valence-electron chi connectivity index (χ1n) is 13.9. The van der Waals surface area contributed by atoms with Gasteiger partial charge in [0.1, 0.15) is 22.8 Å². The van der Waals surface area contributed by atoms with E-state index < -0.39 is 18.1 Å². The molecule has 41 heavy (non-hydrogen) atoms. The standard InChI is InChI=1S/C32H33N3O5S/c36-29(21-26-31(38)33-25(30(37)34-26)20-22-12-4-3-5-13-22)40-19-11-2-1-10-18-39-27-16-8-6-14-23(27)32-35-24-15-7-9-17-28(24)41-32/h3-9,12-17,25-26H,1-2,10-11,18-21H2,(H,33,38)(H,34,37)/t25-,26-/m0/s1. The van der Waals surface area contributed by atoms with Gasteiger partial charge in [0.25, 0.3) is 0 Å². The topological polar surface area (TPSA) is 107 Å². The molecule has 3 aromatic carbocycles. The highest BCUT2D eigenvalue weighted by Crippen LogP contribution is 2.35. The van der Waals surface area contributed by atoms with Crippen molar-refractivity contribution in [3.63, 3.8) is 0 Å². The normalized spacial score (nSPS) is 16.7. The van der Waals surface area contributed by atoms with Crippen molar-refractivity contribution in [3.05, 3.63) is 84.4 Å². The van der Waals surface area contributed by atoms with Crippen LogP contribution in [0.5, 0.6) is 5.75 Å². The number of hydrogen-bond donors (Lipinski definition) is 2. The number of benzene rings is 3. The van der Waals surface area contributed by atoms with E-state index in [2.05, 4.69) is 16.7 Å². The largest absolute Gasteiger partial charge is 0.493 e. The lowest BCUT2D eigenvalue weighted by Crippen LogP contribution is -2.62. The van der Waals surface area contributed by atoms with Crippen molar-refractivity contribution in [1.82, 2.24) is 15.6 Å². The summed E-state index contributed by atoms with van der Waals surface area (Å²) in [6.45, 7) is 0.864. The van der Waals surface area contributed by atoms with Crippen LogP contribution >= 0.6 is 11.3 Å². The Bertz CT molecular complexity index is 1460. The lowest BCUT2D eigenvalue weighted by Gasteiger charge is -2.29. The highest BCUT2D eigenvalue weighted by atomic mass is 32.1. The summed E-state index contributed by atoms with van der Waals surface area (Å²) < 4.78 is 12.5. The number of fused-ring (bicyclic) bond motifs is 1. The maximum absolute atomic E-state index is 12.4. The van der Waals surface area contributed by atoms with Crippen molar-refractivity contribution < 1.29 is 23.9 Å². The number of hydrogen-bond acceptors (Lipinski definition) is 7. The van der Waals surface area contributed by atoms with Gasteiger partial charge in [-0.3, -0.25) is 14.4 Å². The van der Waals surface area contributed by atoms with Crippen LogP contribution in [0.3, 0.4) is 0 Å². The Hall–Kier alpha value is -4.24. The number of rotatable bonds is 13. The molecule has 9 heteroatoms. The molecule has 5 rings (SSSR count). The summed E-state index contributed by atoms with van der Waals surface area (Å²) in [5.74, 6) is -0.337. The zero-order valence-corrected chi connectivity index (χ0v) is 23.5. The highest BCUT2D eigenvalue weighted by molar-refractivity contribution is 7.21. The summed E-state index contributed by atoms with van der Waals surface area (Å²) in [4.78, 5) is 41.9. The first kappa shape index (κ1) is 28.3. The van der Waals surface area contributed by atoms with Crippen molar-refractivity contribution >= 4 is 39.3 Å². The van der Waals surface area contributed by atoms with Gasteiger partial charge in [-0.2, -0.15) is 0 Å². The first-order valence-corrected chi connectivity index (χ1v) is 14.8. The van der Waals surface area contributed by atoms with Gasteiger partial charge in [0.15, 0.2) is 0 Å². The first-order chi connectivity index (χ1) is 20.1. The van der Waals surface area contributed by atoms with Crippen LogP contribution in [0.25, 0.3) is 20.8 Å². The molecule has 0 unspecified atom stereocenters. The average Bonchev–Trinajstić information content (AvgIpc) is 3.42. The summed E-state index contributed by atoms with van der Waals surface area (Å²) in [6.07, 6.45) is 3.63. The van der Waals surface area contributed by atoms with Gasteiger partial charge >= 0.3 is 5.97 Å². The zero-order chi connectivity index (χ0) is 28.4. The number of para-hydroxylation sites is 2. The molecule has 4 aromatic rings. The molecule has 0 spiro atoms. The third kappa shape index (κ3) is 7.70. The third-order valence-electron chi connectivity index (χ3n) is 6.89. The molecule has 0 bridgehead atoms. The molecule has 8 nitrogen and oxygen atoms in total. The summed E-state index contributed by atoms with van der Waals surface area (Å²) in [5, 5.41) is 6.33. The molecule has 1 saturated heterocycles. The quantitative estimate of drug-likeness (QED) is 0.172. The van der Waals surface area contributed by atoms with Gasteiger partial charge in [-0.25, -0.2) is 4.98 Å². The number of nitrogens with one attached hydrogen (secondary N) is 2. The van der Waals surface area contributed by atoms with Gasteiger partial charge in [-0.15, -0.1) is 11.3 Å². The minimum atomic E-state index is -0.912. The Kier molecular flexibility index (Phi) is 9.59. The van der Waals surface area contributed by atoms with Crippen LogP contribution in [-0.2, 0) is 25.5 Å². The number of nitrogens with zero attached hydrogens (tertiary/aromatic N) is 1. The van der Waals surface area contributed by atoms with Crippen LogP contribution in [-0.4, -0.2) is 48.1 Å². The minimum Gasteiger partial charge on any atom is -0.493 e. The average molecular weight is 572 g/mol. The van der Waals surface area contributed by atoms with Crippen LogP contribution < -0.4 is 15.4 Å². The van der Waals surface area contributed by atoms with Gasteiger partial charge in [0, 0.05) is 6.42 Å². The van der Waals surface area contributed by atoms with Crippen molar-refractivity contribution in [3.8, 4) is 16.3 Å². The van der Waals surface area contributed by atoms with E-state index in [1.54, 1.807) is 11.3 Å². The SMILES string of the molecule is O=C(C[C@@H]1NC(=O)[C@H](Cc2ccccc2)NC1=O)OCCCCCCOc1ccccc1-c1nc2ccccc2s1. The Morgan fingerprint density at radius 3 is 2.29 bits per heavy atom. The second kappa shape index (κ2) is 13.9. The lowest BCUT2D eigenvalue weighted by molar-refractivity contribution is -0.147. The molecule has 1 aliphatic rings. The summed E-state index contributed by atoms with van der Waals surface area (Å²) in [5.41, 5.74) is 2.93. The van der Waals surface area contributed by atoms with Gasteiger partial charge < -0.3 is 20.1 Å². The van der Waals surface area contributed by atoms with Crippen LogP contribution in [0.2, 0.25) is 0 Å². The molecule has 2 heterocycles. The van der Waals surface area contributed by atoms with Crippen LogP contribution in [0.4, 0.5) is 0 Å². The van der Waals surface area contributed by atoms with Gasteiger partial charge in [-0.1, -0.05) is 54.6 Å². The molecule has 1 aliphatic heterocycles. The van der Waals surface area contributed by atoms with E-state index in [9.17, 15) is 14.4 Å². The van der Waals surface area contributed by atoms with E-state index >= 15 is 0 Å². The summed E-state index contributed by atoms with van der Waals surface area (Å²) in [6, 6.07) is 24.0. The smallest absolute Gasteiger partial charge is 0.308 e. The van der Waals surface area contributed by atoms with E-state index in [0.717, 1.165) is 57.8 Å². The van der Waals surface area contributed by atoms with Crippen LogP contribution in [0.1, 0.15) is 37.7 Å². The fourth-order valence-corrected chi connectivity index (χ4v) is 5.72. The highest BCUT2D eigenvalue weighted by Gasteiger charge is 2.35. The van der Waals surface area contributed by atoms with E-state index in [4.69, 9.17) is 14.5 Å². The Labute approximate surface area is 243 Å². The number of piperazine rings is 1. The summed E-state index contributed by atoms with van der Waals surface area (Å²) in [7, 11) is 0. The number of ether oxygens (including phenoxy) is 2. The van der Waals surface area contributed by atoms with E-state index in [-0.39, 0.29) is 24.8 Å². The minimum absolute atomic E-state index is 0.183. The molecule has 2 amide bonds. The number of carbonyl (C=O) groups excluding carboxylic acids is 3. The van der Waals surface area contributed by atoms with Crippen LogP contribution in [0.15, 0.2) is 78.9 Å². The van der Waals surface area contributed by atoms with Crippen molar-refractivity contribution in [2.75, 3.05) is 13.2 Å². The molecular formula is C32H33N3O5S. The summed E-state index contributed by atoms with van der Waals surface area (Å²) >= 11 is 1.66.